The molecule has 5 aliphatic rings. The van der Waals surface area contributed by atoms with Gasteiger partial charge in [-0.3, -0.25) is 14.6 Å². The Morgan fingerprint density at radius 3 is 2.00 bits per heavy atom. The number of nitrogens with zero attached hydrogens (tertiary/aromatic N) is 4. The number of carbonyl (C=O) groups is 4. The number of ether oxygens (including phenoxy) is 2. The van der Waals surface area contributed by atoms with Crippen molar-refractivity contribution in [3.8, 4) is 0 Å². The van der Waals surface area contributed by atoms with E-state index in [1.165, 1.54) is 41.3 Å². The van der Waals surface area contributed by atoms with E-state index in [4.69, 9.17) is 9.47 Å². The highest BCUT2D eigenvalue weighted by atomic mass is 79.9. The fourth-order valence-corrected chi connectivity index (χ4v) is 9.71. The fourth-order valence-electron chi connectivity index (χ4n) is 5.74. The van der Waals surface area contributed by atoms with E-state index < -0.39 is 46.4 Å². The zero-order valence-corrected chi connectivity index (χ0v) is 24.6. The fraction of sp³-hybridized carbons (Fsp3) is 0.792. The molecule has 0 aromatic carbocycles. The average Bonchev–Trinajstić information content (AvgIpc) is 3.07. The van der Waals surface area contributed by atoms with Crippen molar-refractivity contribution in [1.82, 2.24) is 14.7 Å². The summed E-state index contributed by atoms with van der Waals surface area (Å²) in [6, 6.07) is -2.07. The number of aliphatic imine (C=N–C) groups is 1. The minimum Gasteiger partial charge on any atom is -0.426 e. The number of amides is 2. The van der Waals surface area contributed by atoms with E-state index in [-0.39, 0.29) is 27.4 Å². The summed E-state index contributed by atoms with van der Waals surface area (Å²) in [4.78, 5) is 60.7. The van der Waals surface area contributed by atoms with Crippen molar-refractivity contribution >= 4 is 69.5 Å². The molecule has 0 N–H and O–H groups in total. The van der Waals surface area contributed by atoms with Gasteiger partial charge in [-0.25, -0.2) is 9.59 Å². The Balaban J connectivity index is 1.16. The molecule has 0 radical (unpaired) electrons. The minimum absolute atomic E-state index is 0.122. The second-order valence-electron chi connectivity index (χ2n) is 11.1. The number of hydrogen-bond acceptors (Lipinski definition) is 9. The first-order chi connectivity index (χ1) is 17.4. The van der Waals surface area contributed by atoms with E-state index >= 15 is 0 Å². The molecule has 5 rings (SSSR count). The summed E-state index contributed by atoms with van der Waals surface area (Å²) >= 11 is 6.43. The van der Waals surface area contributed by atoms with Crippen LogP contribution in [0, 0.1) is 0 Å². The zero-order valence-electron chi connectivity index (χ0n) is 21.4. The number of carbonyl (C=O) groups excluding carboxylic acids is 4. The van der Waals surface area contributed by atoms with Crippen LogP contribution >= 0.6 is 39.5 Å². The first kappa shape index (κ1) is 27.1. The molecule has 5 fully saturated rings. The van der Waals surface area contributed by atoms with E-state index in [1.807, 2.05) is 27.7 Å². The molecule has 0 aliphatic carbocycles. The molecular weight excluding hydrogens is 584 g/mol. The summed E-state index contributed by atoms with van der Waals surface area (Å²) in [6.45, 7) is 8.92. The monoisotopic (exact) mass is 616 g/mol. The number of rotatable bonds is 6. The maximum absolute atomic E-state index is 13.1. The molecule has 6 atom stereocenters. The van der Waals surface area contributed by atoms with Crippen LogP contribution in [0.2, 0.25) is 0 Å². The summed E-state index contributed by atoms with van der Waals surface area (Å²) in [5.41, 5.74) is 0. The Kier molecular flexibility index (Phi) is 7.27. The molecule has 13 heteroatoms. The molecule has 0 saturated carbocycles. The van der Waals surface area contributed by atoms with E-state index in [0.717, 1.165) is 25.9 Å². The summed E-state index contributed by atoms with van der Waals surface area (Å²) in [5, 5.41) is -0.350. The summed E-state index contributed by atoms with van der Waals surface area (Å²) < 4.78 is 9.52. The zero-order chi connectivity index (χ0) is 26.7. The maximum atomic E-state index is 13.1. The van der Waals surface area contributed by atoms with Crippen LogP contribution in [-0.2, 0) is 28.7 Å². The Hall–Kier alpha value is -1.47. The quantitative estimate of drug-likeness (QED) is 0.111. The highest BCUT2D eigenvalue weighted by Gasteiger charge is 2.65. The predicted molar refractivity (Wildman–Crippen MR) is 144 cm³/mol. The van der Waals surface area contributed by atoms with Gasteiger partial charge < -0.3 is 24.2 Å². The van der Waals surface area contributed by atoms with Gasteiger partial charge in [-0.1, -0.05) is 28.8 Å². The Labute approximate surface area is 233 Å². The lowest BCUT2D eigenvalue weighted by Crippen LogP contribution is -2.65. The number of halogens is 1. The standard InChI is InChI=1S/C24H33BrN4O6S2/c1-23(2)15(28-17(30)13(25)19(28)36-23)21(32)34-12-35-22(33)16-24(3,4)37-20-14(18(31)29(16)20)26-11-27-9-7-5-6-8-10-27/h11,13-16,19-20H,5-10,12H2,1-4H3/t13-,14-,15+,16+,19-,20-/m1/s1. The maximum Gasteiger partial charge on any atom is 0.333 e. The van der Waals surface area contributed by atoms with E-state index in [0.29, 0.717) is 0 Å². The summed E-state index contributed by atoms with van der Waals surface area (Å²) in [7, 11) is 0. The minimum atomic E-state index is -0.799. The van der Waals surface area contributed by atoms with Crippen molar-refractivity contribution in [3.63, 3.8) is 0 Å². The van der Waals surface area contributed by atoms with Crippen molar-refractivity contribution in [1.29, 1.82) is 0 Å². The Morgan fingerprint density at radius 2 is 1.43 bits per heavy atom. The van der Waals surface area contributed by atoms with Gasteiger partial charge >= 0.3 is 11.9 Å². The van der Waals surface area contributed by atoms with Crippen LogP contribution in [-0.4, -0.2) is 108 Å². The van der Waals surface area contributed by atoms with E-state index in [1.54, 1.807) is 11.2 Å². The van der Waals surface area contributed by atoms with E-state index in [2.05, 4.69) is 25.8 Å². The van der Waals surface area contributed by atoms with Crippen LogP contribution in [0.25, 0.3) is 0 Å². The number of likely N-dealkylation sites (tertiary alicyclic amines) is 1. The molecule has 204 valence electrons. The number of fused-ring (bicyclic) bond motifs is 2. The van der Waals surface area contributed by atoms with Crippen molar-refractivity contribution < 1.29 is 28.7 Å². The lowest BCUT2D eigenvalue weighted by atomic mass is 9.96. The molecule has 5 saturated heterocycles. The predicted octanol–water partition coefficient (Wildman–Crippen LogP) is 2.19. The SMILES string of the molecule is CC1(C)S[C@@H]2[C@H](Br)C(=O)N2[C@H]1C(=O)OCOC(=O)[C@@H]1N2C(=O)[C@@H](N=CN3CCCCCC3)[C@H]2SC1(C)C. The smallest absolute Gasteiger partial charge is 0.333 e. The highest BCUT2D eigenvalue weighted by Crippen LogP contribution is 2.53. The third kappa shape index (κ3) is 4.66. The van der Waals surface area contributed by atoms with Gasteiger partial charge in [0.2, 0.25) is 12.7 Å². The molecule has 2 amide bonds. The van der Waals surface area contributed by atoms with E-state index in [9.17, 15) is 19.2 Å². The third-order valence-corrected chi connectivity index (χ3v) is 12.0. The topological polar surface area (TPSA) is 109 Å². The van der Waals surface area contributed by atoms with Gasteiger partial charge in [-0.05, 0) is 40.5 Å². The van der Waals surface area contributed by atoms with Crippen LogP contribution in [0.15, 0.2) is 4.99 Å². The lowest BCUT2D eigenvalue weighted by Gasteiger charge is -2.42. The first-order valence-electron chi connectivity index (χ1n) is 12.7. The number of β-lactam (4-membered cyclic amide) rings is 2. The van der Waals surface area contributed by atoms with Gasteiger partial charge in [-0.15, -0.1) is 23.5 Å². The molecule has 10 nitrogen and oxygen atoms in total. The molecule has 0 aromatic heterocycles. The Morgan fingerprint density at radius 1 is 0.919 bits per heavy atom. The molecule has 5 heterocycles. The van der Waals surface area contributed by atoms with Gasteiger partial charge in [0.25, 0.3) is 5.91 Å². The first-order valence-corrected chi connectivity index (χ1v) is 15.4. The number of hydrogen-bond donors (Lipinski definition) is 0. The average molecular weight is 618 g/mol. The number of thioether (sulfide) groups is 2. The third-order valence-electron chi connectivity index (χ3n) is 7.67. The molecule has 0 bridgehead atoms. The van der Waals surface area contributed by atoms with Gasteiger partial charge in [0.1, 0.15) is 27.7 Å². The summed E-state index contributed by atoms with van der Waals surface area (Å²) in [5.74, 6) is -1.57. The van der Waals surface area contributed by atoms with Gasteiger partial charge in [0.05, 0.1) is 6.34 Å². The van der Waals surface area contributed by atoms with Crippen molar-refractivity contribution in [2.45, 2.75) is 96.6 Å². The van der Waals surface area contributed by atoms with Gasteiger partial charge in [0, 0.05) is 22.6 Å². The molecule has 0 aromatic rings. The lowest BCUT2D eigenvalue weighted by molar-refractivity contribution is -0.180. The number of alkyl halides is 1. The number of esters is 2. The van der Waals surface area contributed by atoms with Crippen molar-refractivity contribution in [2.75, 3.05) is 19.9 Å². The molecular formula is C24H33BrN4O6S2. The second kappa shape index (κ2) is 9.93. The highest BCUT2D eigenvalue weighted by molar-refractivity contribution is 9.10. The Bertz CT molecular complexity index is 1020. The van der Waals surface area contributed by atoms with Crippen LogP contribution in [0.1, 0.15) is 53.4 Å². The largest absolute Gasteiger partial charge is 0.426 e. The normalized spacial score (nSPS) is 36.0. The van der Waals surface area contributed by atoms with Crippen LogP contribution in [0.4, 0.5) is 0 Å². The van der Waals surface area contributed by atoms with Crippen molar-refractivity contribution in [3.05, 3.63) is 0 Å². The van der Waals surface area contributed by atoms with Crippen LogP contribution in [0.5, 0.6) is 0 Å². The summed E-state index contributed by atoms with van der Waals surface area (Å²) in [6.07, 6.45) is 6.50. The molecule has 0 spiro atoms. The van der Waals surface area contributed by atoms with Crippen LogP contribution in [0.3, 0.4) is 0 Å². The molecule has 5 aliphatic heterocycles. The molecule has 37 heavy (non-hydrogen) atoms. The second-order valence-corrected chi connectivity index (χ2v) is 15.7. The van der Waals surface area contributed by atoms with Gasteiger partial charge in [0.15, 0.2) is 6.04 Å². The molecule has 0 unspecified atom stereocenters. The van der Waals surface area contributed by atoms with Gasteiger partial charge in [-0.2, -0.15) is 0 Å². The van der Waals surface area contributed by atoms with Crippen LogP contribution < -0.4 is 0 Å². The van der Waals surface area contributed by atoms with Crippen molar-refractivity contribution in [2.24, 2.45) is 4.99 Å².